The summed E-state index contributed by atoms with van der Waals surface area (Å²) >= 11 is 3.58. The van der Waals surface area contributed by atoms with Crippen molar-refractivity contribution in [3.63, 3.8) is 0 Å². The highest BCUT2D eigenvalue weighted by molar-refractivity contribution is 9.10. The van der Waals surface area contributed by atoms with Gasteiger partial charge < -0.3 is 10.1 Å². The number of hydrogen-bond donors (Lipinski definition) is 1. The van der Waals surface area contributed by atoms with Crippen LogP contribution in [0.1, 0.15) is 24.5 Å². The van der Waals surface area contributed by atoms with E-state index in [1.54, 1.807) is 7.11 Å². The monoisotopic (exact) mass is 347 g/mol. The molecular formula is C18H22BrNO. The fourth-order valence-corrected chi connectivity index (χ4v) is 2.69. The second kappa shape index (κ2) is 7.51. The molecule has 0 amide bonds. The Balaban J connectivity index is 1.94. The zero-order chi connectivity index (χ0) is 15.2. The lowest BCUT2D eigenvalue weighted by Crippen LogP contribution is -2.16. The van der Waals surface area contributed by atoms with Crippen molar-refractivity contribution in [3.8, 4) is 5.75 Å². The lowest BCUT2D eigenvalue weighted by molar-refractivity contribution is 0.415. The molecule has 112 valence electrons. The molecule has 0 aromatic heterocycles. The predicted molar refractivity (Wildman–Crippen MR) is 93.3 cm³/mol. The van der Waals surface area contributed by atoms with Crippen LogP contribution in [0.15, 0.2) is 46.9 Å². The van der Waals surface area contributed by atoms with E-state index in [9.17, 15) is 0 Å². The Morgan fingerprint density at radius 2 is 2.00 bits per heavy atom. The van der Waals surface area contributed by atoms with Crippen LogP contribution in [0.5, 0.6) is 5.75 Å². The van der Waals surface area contributed by atoms with Crippen LogP contribution in [0.25, 0.3) is 0 Å². The van der Waals surface area contributed by atoms with Crippen molar-refractivity contribution in [3.05, 3.63) is 58.1 Å². The summed E-state index contributed by atoms with van der Waals surface area (Å²) in [4.78, 5) is 0. The number of rotatable bonds is 6. The van der Waals surface area contributed by atoms with Crippen LogP contribution in [0.2, 0.25) is 0 Å². The van der Waals surface area contributed by atoms with E-state index in [0.717, 1.165) is 28.8 Å². The molecule has 0 spiro atoms. The van der Waals surface area contributed by atoms with E-state index in [4.69, 9.17) is 4.74 Å². The molecule has 3 heteroatoms. The molecule has 1 atom stereocenters. The van der Waals surface area contributed by atoms with Crippen LogP contribution in [0.3, 0.4) is 0 Å². The summed E-state index contributed by atoms with van der Waals surface area (Å²) in [5.41, 5.74) is 3.79. The molecule has 0 aliphatic heterocycles. The Bertz CT molecular complexity index is 598. The number of hydrogen-bond acceptors (Lipinski definition) is 2. The van der Waals surface area contributed by atoms with Gasteiger partial charge in [-0.15, -0.1) is 0 Å². The van der Waals surface area contributed by atoms with Gasteiger partial charge in [0.15, 0.2) is 0 Å². The third kappa shape index (κ3) is 4.78. The molecular weight excluding hydrogens is 326 g/mol. The van der Waals surface area contributed by atoms with Crippen molar-refractivity contribution < 1.29 is 4.74 Å². The van der Waals surface area contributed by atoms with E-state index >= 15 is 0 Å². The van der Waals surface area contributed by atoms with Gasteiger partial charge in [-0.3, -0.25) is 0 Å². The molecule has 0 radical (unpaired) electrons. The Kier molecular flexibility index (Phi) is 5.68. The molecule has 0 bridgehead atoms. The fraction of sp³-hybridized carbons (Fsp3) is 0.333. The maximum Gasteiger partial charge on any atom is 0.121 e. The number of nitrogens with one attached hydrogen (secondary N) is 1. The van der Waals surface area contributed by atoms with Gasteiger partial charge in [0.25, 0.3) is 0 Å². The third-order valence-corrected chi connectivity index (χ3v) is 4.22. The average molecular weight is 348 g/mol. The molecule has 0 saturated heterocycles. The summed E-state index contributed by atoms with van der Waals surface area (Å²) in [5, 5.41) is 3.54. The second-order valence-electron chi connectivity index (χ2n) is 5.42. The van der Waals surface area contributed by atoms with Gasteiger partial charge in [-0.05, 0) is 60.3 Å². The number of methoxy groups -OCH3 is 1. The summed E-state index contributed by atoms with van der Waals surface area (Å²) in [5.74, 6) is 0.867. The number of aryl methyl sites for hydroxylation is 2. The van der Waals surface area contributed by atoms with Crippen molar-refractivity contribution in [2.45, 2.75) is 32.7 Å². The average Bonchev–Trinajstić information content (AvgIpc) is 2.47. The maximum atomic E-state index is 5.27. The van der Waals surface area contributed by atoms with Gasteiger partial charge in [0.1, 0.15) is 5.75 Å². The maximum absolute atomic E-state index is 5.27. The van der Waals surface area contributed by atoms with Crippen molar-refractivity contribution in [2.24, 2.45) is 0 Å². The zero-order valence-corrected chi connectivity index (χ0v) is 14.4. The summed E-state index contributed by atoms with van der Waals surface area (Å²) in [7, 11) is 1.69. The molecule has 2 rings (SSSR count). The summed E-state index contributed by atoms with van der Waals surface area (Å²) in [6.07, 6.45) is 2.17. The molecule has 0 heterocycles. The van der Waals surface area contributed by atoms with E-state index in [-0.39, 0.29) is 0 Å². The van der Waals surface area contributed by atoms with Crippen LogP contribution in [0, 0.1) is 6.92 Å². The highest BCUT2D eigenvalue weighted by atomic mass is 79.9. The molecule has 2 aromatic rings. The van der Waals surface area contributed by atoms with E-state index < -0.39 is 0 Å². The predicted octanol–water partition coefficient (Wildman–Crippen LogP) is 5.20. The van der Waals surface area contributed by atoms with Crippen molar-refractivity contribution in [1.29, 1.82) is 0 Å². The molecule has 0 saturated carbocycles. The van der Waals surface area contributed by atoms with E-state index in [1.165, 1.54) is 11.1 Å². The number of halogens is 1. The van der Waals surface area contributed by atoms with Crippen LogP contribution >= 0.6 is 15.9 Å². The molecule has 1 unspecified atom stereocenters. The van der Waals surface area contributed by atoms with Crippen LogP contribution in [0.4, 0.5) is 5.69 Å². The van der Waals surface area contributed by atoms with Gasteiger partial charge in [-0.25, -0.2) is 0 Å². The number of anilines is 1. The molecule has 21 heavy (non-hydrogen) atoms. The second-order valence-corrected chi connectivity index (χ2v) is 6.27. The Morgan fingerprint density at radius 3 is 2.71 bits per heavy atom. The first-order valence-corrected chi connectivity index (χ1v) is 8.03. The van der Waals surface area contributed by atoms with E-state index in [0.29, 0.717) is 6.04 Å². The van der Waals surface area contributed by atoms with Crippen molar-refractivity contribution >= 4 is 21.6 Å². The van der Waals surface area contributed by atoms with Crippen LogP contribution in [-0.4, -0.2) is 13.2 Å². The molecule has 0 aliphatic rings. The van der Waals surface area contributed by atoms with Crippen molar-refractivity contribution in [1.82, 2.24) is 0 Å². The third-order valence-electron chi connectivity index (χ3n) is 3.52. The van der Waals surface area contributed by atoms with E-state index in [1.807, 2.05) is 18.2 Å². The van der Waals surface area contributed by atoms with Crippen LogP contribution in [-0.2, 0) is 6.42 Å². The lowest BCUT2D eigenvalue weighted by atomic mass is 10.0. The highest BCUT2D eigenvalue weighted by Gasteiger charge is 2.07. The minimum Gasteiger partial charge on any atom is -0.497 e. The quantitative estimate of drug-likeness (QED) is 0.775. The van der Waals surface area contributed by atoms with Gasteiger partial charge in [-0.1, -0.05) is 29.8 Å². The topological polar surface area (TPSA) is 21.3 Å². The summed E-state index contributed by atoms with van der Waals surface area (Å²) < 4.78 is 6.33. The van der Waals surface area contributed by atoms with Gasteiger partial charge in [-0.2, -0.15) is 0 Å². The fourth-order valence-electron chi connectivity index (χ4n) is 2.33. The number of ether oxygens (including phenoxy) is 1. The van der Waals surface area contributed by atoms with Gasteiger partial charge in [0.05, 0.1) is 12.8 Å². The zero-order valence-electron chi connectivity index (χ0n) is 12.8. The van der Waals surface area contributed by atoms with E-state index in [2.05, 4.69) is 59.4 Å². The van der Waals surface area contributed by atoms with Gasteiger partial charge in [0, 0.05) is 16.6 Å². The Hall–Kier alpha value is -1.48. The smallest absolute Gasteiger partial charge is 0.121 e. The normalized spacial score (nSPS) is 12.0. The van der Waals surface area contributed by atoms with Gasteiger partial charge >= 0.3 is 0 Å². The highest BCUT2D eigenvalue weighted by Crippen LogP contribution is 2.28. The summed E-state index contributed by atoms with van der Waals surface area (Å²) in [6.45, 7) is 4.35. The minimum atomic E-state index is 0.397. The minimum absolute atomic E-state index is 0.397. The SMILES string of the molecule is COc1ccc(Br)c(NC(C)CCc2cccc(C)c2)c1. The Morgan fingerprint density at radius 1 is 1.19 bits per heavy atom. The first-order valence-electron chi connectivity index (χ1n) is 7.24. The van der Waals surface area contributed by atoms with Gasteiger partial charge in [0.2, 0.25) is 0 Å². The molecule has 0 fully saturated rings. The number of benzene rings is 2. The largest absolute Gasteiger partial charge is 0.497 e. The molecule has 1 N–H and O–H groups in total. The standard InChI is InChI=1S/C18H22BrNO/c1-13-5-4-6-15(11-13)8-7-14(2)20-18-12-16(21-3)9-10-17(18)19/h4-6,9-12,14,20H,7-8H2,1-3H3. The summed E-state index contributed by atoms with van der Waals surface area (Å²) in [6, 6.07) is 15.1. The molecule has 2 aromatic carbocycles. The Labute approximate surface area is 135 Å². The lowest BCUT2D eigenvalue weighted by Gasteiger charge is -2.17. The van der Waals surface area contributed by atoms with Crippen molar-refractivity contribution in [2.75, 3.05) is 12.4 Å². The molecule has 0 aliphatic carbocycles. The van der Waals surface area contributed by atoms with Crippen LogP contribution < -0.4 is 10.1 Å². The molecule has 2 nitrogen and oxygen atoms in total. The first kappa shape index (κ1) is 15.9. The first-order chi connectivity index (χ1) is 10.1.